The lowest BCUT2D eigenvalue weighted by Gasteiger charge is -2.18. The molecule has 2 heterocycles. The fourth-order valence-electron chi connectivity index (χ4n) is 2.47. The zero-order valence-electron chi connectivity index (χ0n) is 13.2. The summed E-state index contributed by atoms with van der Waals surface area (Å²) >= 11 is 0. The van der Waals surface area contributed by atoms with Crippen LogP contribution >= 0.6 is 0 Å². The highest BCUT2D eigenvalue weighted by atomic mass is 15.3. The van der Waals surface area contributed by atoms with Crippen LogP contribution in [0, 0.1) is 5.92 Å². The highest BCUT2D eigenvalue weighted by molar-refractivity contribution is 5.11. The van der Waals surface area contributed by atoms with E-state index in [4.69, 9.17) is 0 Å². The van der Waals surface area contributed by atoms with Crippen molar-refractivity contribution in [3.05, 3.63) is 42.2 Å². The highest BCUT2D eigenvalue weighted by Crippen LogP contribution is 2.08. The molecule has 2 aromatic heterocycles. The van der Waals surface area contributed by atoms with Gasteiger partial charge in [-0.2, -0.15) is 5.10 Å². The number of pyridine rings is 1. The fraction of sp³-hybridized carbons (Fsp3) is 0.562. The molecule has 0 amide bonds. The van der Waals surface area contributed by atoms with Gasteiger partial charge in [0.2, 0.25) is 0 Å². The Morgan fingerprint density at radius 1 is 1.29 bits per heavy atom. The predicted molar refractivity (Wildman–Crippen MR) is 84.0 cm³/mol. The number of likely N-dealkylation sites (N-methyl/N-ethyl adjacent to an activating group) is 1. The molecule has 0 spiro atoms. The Hall–Kier alpha value is -1.75. The van der Waals surface area contributed by atoms with E-state index in [9.17, 15) is 0 Å². The lowest BCUT2D eigenvalue weighted by Crippen LogP contribution is -2.34. The van der Waals surface area contributed by atoms with Crippen molar-refractivity contribution in [3.8, 4) is 0 Å². The first-order valence-electron chi connectivity index (χ1n) is 7.68. The maximum atomic E-state index is 4.43. The molecule has 21 heavy (non-hydrogen) atoms. The monoisotopic (exact) mass is 287 g/mol. The van der Waals surface area contributed by atoms with E-state index < -0.39 is 0 Å². The van der Waals surface area contributed by atoms with Crippen LogP contribution in [-0.2, 0) is 19.4 Å². The van der Waals surface area contributed by atoms with E-state index in [1.54, 1.807) is 6.33 Å². The van der Waals surface area contributed by atoms with Crippen molar-refractivity contribution in [1.82, 2.24) is 25.1 Å². The number of hydrogen-bond acceptors (Lipinski definition) is 4. The van der Waals surface area contributed by atoms with E-state index in [0.717, 1.165) is 31.8 Å². The van der Waals surface area contributed by atoms with Gasteiger partial charge >= 0.3 is 0 Å². The summed E-state index contributed by atoms with van der Waals surface area (Å²) in [5.41, 5.74) is 1.25. The van der Waals surface area contributed by atoms with E-state index in [0.29, 0.717) is 12.0 Å². The number of nitrogens with one attached hydrogen (secondary N) is 1. The van der Waals surface area contributed by atoms with Gasteiger partial charge < -0.3 is 5.32 Å². The number of rotatable bonds is 8. The summed E-state index contributed by atoms with van der Waals surface area (Å²) in [6.45, 7) is 8.39. The molecule has 0 saturated carbocycles. The lowest BCUT2D eigenvalue weighted by molar-refractivity contribution is 0.441. The van der Waals surface area contributed by atoms with Gasteiger partial charge in [0.1, 0.15) is 12.2 Å². The molecule has 0 aliphatic rings. The maximum Gasteiger partial charge on any atom is 0.138 e. The Labute approximate surface area is 126 Å². The van der Waals surface area contributed by atoms with Crippen LogP contribution in [0.2, 0.25) is 0 Å². The molecular formula is C16H25N5. The van der Waals surface area contributed by atoms with Crippen LogP contribution in [0.15, 0.2) is 30.9 Å². The van der Waals surface area contributed by atoms with Crippen molar-refractivity contribution in [2.75, 3.05) is 6.54 Å². The van der Waals surface area contributed by atoms with Crippen LogP contribution in [0.25, 0.3) is 0 Å². The Morgan fingerprint density at radius 3 is 2.81 bits per heavy atom. The number of nitrogens with zero attached hydrogens (tertiary/aromatic N) is 4. The summed E-state index contributed by atoms with van der Waals surface area (Å²) in [5, 5.41) is 7.88. The molecule has 2 rings (SSSR count). The van der Waals surface area contributed by atoms with Crippen LogP contribution < -0.4 is 5.32 Å². The normalized spacial score (nSPS) is 12.8. The van der Waals surface area contributed by atoms with Gasteiger partial charge in [0, 0.05) is 31.4 Å². The van der Waals surface area contributed by atoms with Gasteiger partial charge in [-0.15, -0.1) is 0 Å². The predicted octanol–water partition coefficient (Wildman–Crippen LogP) is 2.09. The fourth-order valence-corrected chi connectivity index (χ4v) is 2.47. The smallest absolute Gasteiger partial charge is 0.138 e. The van der Waals surface area contributed by atoms with Gasteiger partial charge in [-0.3, -0.25) is 4.98 Å². The summed E-state index contributed by atoms with van der Waals surface area (Å²) in [7, 11) is 0. The standard InChI is InChI=1S/C16H25N5/c1-4-18-15(8-14-6-5-7-17-10-14)9-16-19-12-20-21(16)11-13(2)3/h5-7,10,12-13,15,18H,4,8-9,11H2,1-3H3. The lowest BCUT2D eigenvalue weighted by atomic mass is 10.0. The van der Waals surface area contributed by atoms with Gasteiger partial charge in [0.15, 0.2) is 0 Å². The first-order chi connectivity index (χ1) is 10.2. The minimum atomic E-state index is 0.356. The Kier molecular flexibility index (Phi) is 5.87. The highest BCUT2D eigenvalue weighted by Gasteiger charge is 2.14. The topological polar surface area (TPSA) is 55.6 Å². The molecule has 0 fully saturated rings. The maximum absolute atomic E-state index is 4.43. The number of hydrogen-bond donors (Lipinski definition) is 1. The van der Waals surface area contributed by atoms with Crippen LogP contribution in [0.3, 0.4) is 0 Å². The second-order valence-electron chi connectivity index (χ2n) is 5.78. The molecule has 1 unspecified atom stereocenters. The minimum absolute atomic E-state index is 0.356. The molecule has 1 atom stereocenters. The third-order valence-electron chi connectivity index (χ3n) is 3.36. The van der Waals surface area contributed by atoms with E-state index >= 15 is 0 Å². The minimum Gasteiger partial charge on any atom is -0.313 e. The molecule has 5 nitrogen and oxygen atoms in total. The van der Waals surface area contributed by atoms with Crippen molar-refractivity contribution in [2.24, 2.45) is 5.92 Å². The first kappa shape index (κ1) is 15.6. The van der Waals surface area contributed by atoms with Crippen molar-refractivity contribution < 1.29 is 0 Å². The molecule has 0 bridgehead atoms. The summed E-state index contributed by atoms with van der Waals surface area (Å²) in [5.74, 6) is 1.62. The van der Waals surface area contributed by atoms with E-state index in [2.05, 4.69) is 47.2 Å². The van der Waals surface area contributed by atoms with Gasteiger partial charge in [0.25, 0.3) is 0 Å². The third-order valence-corrected chi connectivity index (χ3v) is 3.36. The van der Waals surface area contributed by atoms with Crippen LogP contribution in [-0.4, -0.2) is 32.3 Å². The molecule has 2 aromatic rings. The number of aromatic nitrogens is 4. The SMILES string of the molecule is CCNC(Cc1cccnc1)Cc1ncnn1CC(C)C. The molecule has 0 aromatic carbocycles. The van der Waals surface area contributed by atoms with Crippen LogP contribution in [0.5, 0.6) is 0 Å². The average Bonchev–Trinajstić information content (AvgIpc) is 2.86. The second kappa shape index (κ2) is 7.88. The Balaban J connectivity index is 2.04. The molecule has 0 saturated heterocycles. The average molecular weight is 287 g/mol. The zero-order valence-corrected chi connectivity index (χ0v) is 13.2. The van der Waals surface area contributed by atoms with Crippen molar-refractivity contribution in [3.63, 3.8) is 0 Å². The van der Waals surface area contributed by atoms with Crippen molar-refractivity contribution in [2.45, 2.75) is 46.2 Å². The van der Waals surface area contributed by atoms with Crippen LogP contribution in [0.1, 0.15) is 32.2 Å². The molecular weight excluding hydrogens is 262 g/mol. The molecule has 1 N–H and O–H groups in total. The largest absolute Gasteiger partial charge is 0.313 e. The Bertz CT molecular complexity index is 520. The Morgan fingerprint density at radius 2 is 2.14 bits per heavy atom. The molecule has 0 radical (unpaired) electrons. The summed E-state index contributed by atoms with van der Waals surface area (Å²) in [4.78, 5) is 8.62. The van der Waals surface area contributed by atoms with Crippen molar-refractivity contribution >= 4 is 0 Å². The summed E-state index contributed by atoms with van der Waals surface area (Å²) < 4.78 is 2.03. The van der Waals surface area contributed by atoms with Crippen LogP contribution in [0.4, 0.5) is 0 Å². The zero-order chi connectivity index (χ0) is 15.1. The first-order valence-corrected chi connectivity index (χ1v) is 7.68. The quantitative estimate of drug-likeness (QED) is 0.808. The summed E-state index contributed by atoms with van der Waals surface area (Å²) in [6, 6.07) is 4.46. The molecule has 5 heteroatoms. The van der Waals surface area contributed by atoms with E-state index in [1.165, 1.54) is 5.56 Å². The van der Waals surface area contributed by atoms with Crippen molar-refractivity contribution in [1.29, 1.82) is 0 Å². The van der Waals surface area contributed by atoms with Gasteiger partial charge in [0.05, 0.1) is 0 Å². The summed E-state index contributed by atoms with van der Waals surface area (Å²) in [6.07, 6.45) is 7.24. The van der Waals surface area contributed by atoms with Gasteiger partial charge in [-0.05, 0) is 30.5 Å². The second-order valence-corrected chi connectivity index (χ2v) is 5.78. The van der Waals surface area contributed by atoms with E-state index in [-0.39, 0.29) is 0 Å². The van der Waals surface area contributed by atoms with Gasteiger partial charge in [-0.25, -0.2) is 9.67 Å². The molecule has 0 aliphatic carbocycles. The molecule has 114 valence electrons. The van der Waals surface area contributed by atoms with E-state index in [1.807, 2.05) is 23.1 Å². The van der Waals surface area contributed by atoms with Gasteiger partial charge in [-0.1, -0.05) is 26.8 Å². The third kappa shape index (κ3) is 4.93. The molecule has 0 aliphatic heterocycles.